The van der Waals surface area contributed by atoms with Gasteiger partial charge in [0, 0.05) is 17.4 Å². The summed E-state index contributed by atoms with van der Waals surface area (Å²) < 4.78 is 0. The average Bonchev–Trinajstić information content (AvgIpc) is 2.40. The van der Waals surface area contributed by atoms with Crippen molar-refractivity contribution in [2.75, 3.05) is 0 Å². The van der Waals surface area contributed by atoms with Gasteiger partial charge in [0.05, 0.1) is 0 Å². The Hall–Kier alpha value is -1.31. The van der Waals surface area contributed by atoms with E-state index in [0.29, 0.717) is 17.9 Å². The van der Waals surface area contributed by atoms with E-state index in [2.05, 4.69) is 12.1 Å². The second kappa shape index (κ2) is 6.74. The van der Waals surface area contributed by atoms with Gasteiger partial charge in [-0.3, -0.25) is 4.79 Å². The van der Waals surface area contributed by atoms with Crippen LogP contribution >= 0.6 is 23.2 Å². The molecule has 0 spiro atoms. The summed E-state index contributed by atoms with van der Waals surface area (Å²) in [5.41, 5.74) is 2.28. The molecule has 3 heteroatoms. The summed E-state index contributed by atoms with van der Waals surface area (Å²) in [7, 11) is 0. The van der Waals surface area contributed by atoms with E-state index >= 15 is 0 Å². The molecular formula is C16H14Cl2O. The molecular weight excluding hydrogens is 279 g/mol. The molecule has 0 aromatic heterocycles. The van der Waals surface area contributed by atoms with Crippen LogP contribution in [-0.2, 0) is 4.79 Å². The van der Waals surface area contributed by atoms with Crippen LogP contribution in [0.1, 0.15) is 29.9 Å². The molecule has 1 unspecified atom stereocenters. The molecule has 0 radical (unpaired) electrons. The van der Waals surface area contributed by atoms with Crippen LogP contribution in [0, 0.1) is 0 Å². The topological polar surface area (TPSA) is 17.1 Å². The number of hydrogen-bond donors (Lipinski definition) is 0. The number of hydrogen-bond acceptors (Lipinski definition) is 1. The minimum atomic E-state index is -0.303. The van der Waals surface area contributed by atoms with Crippen molar-refractivity contribution in [2.45, 2.75) is 18.8 Å². The number of benzene rings is 2. The van der Waals surface area contributed by atoms with Crippen molar-refractivity contribution in [3.63, 3.8) is 0 Å². The van der Waals surface area contributed by atoms with Crippen LogP contribution in [0.15, 0.2) is 54.6 Å². The molecule has 0 saturated heterocycles. The minimum Gasteiger partial charge on any atom is -0.281 e. The fourth-order valence-corrected chi connectivity index (χ4v) is 2.50. The first-order valence-electron chi connectivity index (χ1n) is 6.15. The summed E-state index contributed by atoms with van der Waals surface area (Å²) in [6.07, 6.45) is 1.04. The predicted octanol–water partition coefficient (Wildman–Crippen LogP) is 5.02. The highest BCUT2D eigenvalue weighted by Gasteiger charge is 2.15. The molecule has 98 valence electrons. The zero-order valence-corrected chi connectivity index (χ0v) is 11.9. The van der Waals surface area contributed by atoms with E-state index < -0.39 is 0 Å². The van der Waals surface area contributed by atoms with E-state index in [0.717, 1.165) is 5.56 Å². The Kier molecular flexibility index (Phi) is 5.00. The maximum atomic E-state index is 11.0. The van der Waals surface area contributed by atoms with Gasteiger partial charge in [-0.25, -0.2) is 0 Å². The summed E-state index contributed by atoms with van der Waals surface area (Å²) >= 11 is 11.5. The van der Waals surface area contributed by atoms with E-state index in [1.165, 1.54) is 5.56 Å². The van der Waals surface area contributed by atoms with Crippen molar-refractivity contribution < 1.29 is 4.79 Å². The maximum absolute atomic E-state index is 11.0. The third-order valence-electron chi connectivity index (χ3n) is 3.08. The fraction of sp³-hybridized carbons (Fsp3) is 0.188. The van der Waals surface area contributed by atoms with Crippen LogP contribution in [0.3, 0.4) is 0 Å². The van der Waals surface area contributed by atoms with Gasteiger partial charge in [-0.1, -0.05) is 54.1 Å². The highest BCUT2D eigenvalue weighted by Crippen LogP contribution is 2.30. The van der Waals surface area contributed by atoms with E-state index in [9.17, 15) is 4.79 Å². The lowest BCUT2D eigenvalue weighted by atomic mass is 9.88. The maximum Gasteiger partial charge on any atom is 0.221 e. The molecule has 0 fully saturated rings. The lowest BCUT2D eigenvalue weighted by molar-refractivity contribution is -0.111. The molecule has 0 aliphatic heterocycles. The second-order valence-corrected chi connectivity index (χ2v) is 5.27. The zero-order chi connectivity index (χ0) is 13.7. The third-order valence-corrected chi connectivity index (χ3v) is 3.51. The highest BCUT2D eigenvalue weighted by molar-refractivity contribution is 6.63. The Morgan fingerprint density at radius 1 is 1.00 bits per heavy atom. The van der Waals surface area contributed by atoms with Crippen LogP contribution in [0.5, 0.6) is 0 Å². The first-order valence-corrected chi connectivity index (χ1v) is 6.91. The average molecular weight is 293 g/mol. The van der Waals surface area contributed by atoms with E-state index in [4.69, 9.17) is 23.2 Å². The quantitative estimate of drug-likeness (QED) is 0.708. The Bertz CT molecular complexity index is 552. The Balaban J connectivity index is 2.31. The third kappa shape index (κ3) is 4.09. The molecule has 2 rings (SSSR count). The summed E-state index contributed by atoms with van der Waals surface area (Å²) in [6.45, 7) is 0. The Morgan fingerprint density at radius 2 is 1.68 bits per heavy atom. The van der Waals surface area contributed by atoms with Gasteiger partial charge >= 0.3 is 0 Å². The lowest BCUT2D eigenvalue weighted by Crippen LogP contribution is -2.03. The number of carbonyl (C=O) groups is 1. The van der Waals surface area contributed by atoms with Gasteiger partial charge < -0.3 is 0 Å². The molecule has 0 aliphatic rings. The molecule has 0 N–H and O–H groups in total. The lowest BCUT2D eigenvalue weighted by Gasteiger charge is -2.17. The molecule has 0 amide bonds. The van der Waals surface area contributed by atoms with E-state index in [1.54, 1.807) is 0 Å². The van der Waals surface area contributed by atoms with Gasteiger partial charge in [0.15, 0.2) is 0 Å². The van der Waals surface area contributed by atoms with Crippen LogP contribution in [0.2, 0.25) is 5.02 Å². The summed E-state index contributed by atoms with van der Waals surface area (Å²) in [5, 5.41) is 0.401. The summed E-state index contributed by atoms with van der Waals surface area (Å²) in [4.78, 5) is 11.0. The Morgan fingerprint density at radius 3 is 2.32 bits per heavy atom. The predicted molar refractivity (Wildman–Crippen MR) is 79.8 cm³/mol. The van der Waals surface area contributed by atoms with Crippen molar-refractivity contribution in [3.05, 3.63) is 70.7 Å². The van der Waals surface area contributed by atoms with Crippen LogP contribution in [-0.4, -0.2) is 5.24 Å². The second-order valence-electron chi connectivity index (χ2n) is 4.41. The number of rotatable bonds is 5. The van der Waals surface area contributed by atoms with Crippen molar-refractivity contribution in [3.8, 4) is 0 Å². The van der Waals surface area contributed by atoms with Gasteiger partial charge in [0.2, 0.25) is 5.24 Å². The molecule has 2 aromatic rings. The van der Waals surface area contributed by atoms with Gasteiger partial charge in [-0.15, -0.1) is 0 Å². The van der Waals surface area contributed by atoms with Crippen LogP contribution in [0.4, 0.5) is 0 Å². The molecule has 2 aromatic carbocycles. The minimum absolute atomic E-state index is 0.141. The fourth-order valence-electron chi connectivity index (χ4n) is 2.19. The SMILES string of the molecule is O=C(Cl)CCC(c1ccccc1)c1cccc(Cl)c1. The largest absolute Gasteiger partial charge is 0.281 e. The normalized spacial score (nSPS) is 12.1. The molecule has 0 saturated carbocycles. The molecule has 19 heavy (non-hydrogen) atoms. The molecule has 0 heterocycles. The molecule has 0 bridgehead atoms. The van der Waals surface area contributed by atoms with Crippen LogP contribution in [0.25, 0.3) is 0 Å². The molecule has 0 aliphatic carbocycles. The van der Waals surface area contributed by atoms with Gasteiger partial charge in [0.25, 0.3) is 0 Å². The number of halogens is 2. The highest BCUT2D eigenvalue weighted by atomic mass is 35.5. The zero-order valence-electron chi connectivity index (χ0n) is 10.4. The first kappa shape index (κ1) is 14.1. The van der Waals surface area contributed by atoms with Crippen molar-refractivity contribution in [2.24, 2.45) is 0 Å². The Labute approximate surface area is 123 Å². The smallest absolute Gasteiger partial charge is 0.221 e. The monoisotopic (exact) mass is 292 g/mol. The first-order chi connectivity index (χ1) is 9.16. The van der Waals surface area contributed by atoms with Gasteiger partial charge in [0.1, 0.15) is 0 Å². The van der Waals surface area contributed by atoms with E-state index in [1.807, 2.05) is 42.5 Å². The van der Waals surface area contributed by atoms with Crippen LogP contribution < -0.4 is 0 Å². The summed E-state index contributed by atoms with van der Waals surface area (Å²) in [5.74, 6) is 0.141. The van der Waals surface area contributed by atoms with Crippen molar-refractivity contribution in [1.29, 1.82) is 0 Å². The molecule has 1 atom stereocenters. The van der Waals surface area contributed by atoms with Crippen molar-refractivity contribution in [1.82, 2.24) is 0 Å². The molecule has 1 nitrogen and oxygen atoms in total. The van der Waals surface area contributed by atoms with E-state index in [-0.39, 0.29) is 11.2 Å². The standard InChI is InChI=1S/C16H14Cl2O/c17-14-8-4-7-13(11-14)15(9-10-16(18)19)12-5-2-1-3-6-12/h1-8,11,15H,9-10H2. The van der Waals surface area contributed by atoms with Gasteiger partial charge in [-0.2, -0.15) is 0 Å². The van der Waals surface area contributed by atoms with Gasteiger partial charge in [-0.05, 0) is 41.3 Å². The summed E-state index contributed by atoms with van der Waals surface area (Å²) in [6, 6.07) is 17.8. The number of carbonyl (C=O) groups excluding carboxylic acids is 1. The van der Waals surface area contributed by atoms with Crippen molar-refractivity contribution >= 4 is 28.4 Å².